The van der Waals surface area contributed by atoms with E-state index in [2.05, 4.69) is 16.0 Å². The van der Waals surface area contributed by atoms with Gasteiger partial charge in [0.2, 0.25) is 11.8 Å². The fourth-order valence-corrected chi connectivity index (χ4v) is 1.53. The van der Waals surface area contributed by atoms with Crippen molar-refractivity contribution >= 4 is 23.2 Å². The van der Waals surface area contributed by atoms with Gasteiger partial charge in [-0.1, -0.05) is 19.9 Å². The zero-order chi connectivity index (χ0) is 14.4. The third-order valence-corrected chi connectivity index (χ3v) is 2.50. The average molecular weight is 263 g/mol. The molecular formula is C14H21N3O2. The second-order valence-corrected chi connectivity index (χ2v) is 4.79. The van der Waals surface area contributed by atoms with E-state index in [1.54, 1.807) is 12.1 Å². The van der Waals surface area contributed by atoms with Gasteiger partial charge < -0.3 is 16.0 Å². The van der Waals surface area contributed by atoms with Crippen molar-refractivity contribution in [3.8, 4) is 0 Å². The van der Waals surface area contributed by atoms with Crippen LogP contribution in [0.5, 0.6) is 0 Å². The number of aryl methyl sites for hydroxylation is 1. The van der Waals surface area contributed by atoms with Gasteiger partial charge in [0.1, 0.15) is 0 Å². The highest BCUT2D eigenvalue weighted by molar-refractivity contribution is 5.95. The maximum atomic E-state index is 11.7. The van der Waals surface area contributed by atoms with Gasteiger partial charge in [-0.15, -0.1) is 0 Å². The van der Waals surface area contributed by atoms with Crippen LogP contribution >= 0.6 is 0 Å². The Morgan fingerprint density at radius 1 is 1.21 bits per heavy atom. The van der Waals surface area contributed by atoms with Crippen molar-refractivity contribution in [2.24, 2.45) is 0 Å². The lowest BCUT2D eigenvalue weighted by atomic mass is 10.1. The summed E-state index contributed by atoms with van der Waals surface area (Å²) >= 11 is 0. The van der Waals surface area contributed by atoms with Gasteiger partial charge >= 0.3 is 0 Å². The summed E-state index contributed by atoms with van der Waals surface area (Å²) in [6.45, 7) is 7.58. The van der Waals surface area contributed by atoms with Gasteiger partial charge in [0, 0.05) is 24.3 Å². The van der Waals surface area contributed by atoms with Crippen molar-refractivity contribution in [3.63, 3.8) is 0 Å². The molecule has 2 amide bonds. The summed E-state index contributed by atoms with van der Waals surface area (Å²) in [5.74, 6) is -0.237. The Labute approximate surface area is 113 Å². The lowest BCUT2D eigenvalue weighted by Crippen LogP contribution is -2.32. The molecule has 19 heavy (non-hydrogen) atoms. The Hall–Kier alpha value is -1.88. The van der Waals surface area contributed by atoms with Crippen molar-refractivity contribution in [1.29, 1.82) is 0 Å². The highest BCUT2D eigenvalue weighted by Gasteiger charge is 2.06. The minimum absolute atomic E-state index is 0.100. The standard InChI is InChI=1S/C14H21N3O2/c1-9(2)15-8-14(19)17-13-7-12(16-11(4)18)6-5-10(13)3/h5-7,9,15H,8H2,1-4H3,(H,16,18)(H,17,19). The molecule has 1 aromatic rings. The molecule has 1 aromatic carbocycles. The second kappa shape index (κ2) is 6.89. The minimum atomic E-state index is -0.136. The fourth-order valence-electron chi connectivity index (χ4n) is 1.53. The molecular weight excluding hydrogens is 242 g/mol. The van der Waals surface area contributed by atoms with Gasteiger partial charge in [-0.2, -0.15) is 0 Å². The Balaban J connectivity index is 2.71. The first-order valence-corrected chi connectivity index (χ1v) is 6.30. The van der Waals surface area contributed by atoms with Crippen LogP contribution in [0.25, 0.3) is 0 Å². The topological polar surface area (TPSA) is 70.2 Å². The van der Waals surface area contributed by atoms with Gasteiger partial charge in [-0.25, -0.2) is 0 Å². The Morgan fingerprint density at radius 3 is 2.47 bits per heavy atom. The van der Waals surface area contributed by atoms with E-state index in [4.69, 9.17) is 0 Å². The van der Waals surface area contributed by atoms with Crippen LogP contribution in [0.15, 0.2) is 18.2 Å². The zero-order valence-electron chi connectivity index (χ0n) is 11.8. The smallest absolute Gasteiger partial charge is 0.238 e. The molecule has 1 rings (SSSR count). The predicted octanol–water partition coefficient (Wildman–Crippen LogP) is 1.89. The van der Waals surface area contributed by atoms with Crippen LogP contribution in [0.2, 0.25) is 0 Å². The lowest BCUT2D eigenvalue weighted by molar-refractivity contribution is -0.115. The van der Waals surface area contributed by atoms with E-state index in [0.717, 1.165) is 5.56 Å². The Kier molecular flexibility index (Phi) is 5.51. The van der Waals surface area contributed by atoms with E-state index < -0.39 is 0 Å². The van der Waals surface area contributed by atoms with Crippen LogP contribution < -0.4 is 16.0 Å². The van der Waals surface area contributed by atoms with Gasteiger partial charge in [0.05, 0.1) is 6.54 Å². The molecule has 5 heteroatoms. The maximum absolute atomic E-state index is 11.7. The molecule has 0 aliphatic rings. The average Bonchev–Trinajstić information content (AvgIpc) is 2.30. The van der Waals surface area contributed by atoms with Crippen molar-refractivity contribution < 1.29 is 9.59 Å². The SMILES string of the molecule is CC(=O)Nc1ccc(C)c(NC(=O)CNC(C)C)c1. The summed E-state index contributed by atoms with van der Waals surface area (Å²) in [4.78, 5) is 22.7. The highest BCUT2D eigenvalue weighted by atomic mass is 16.2. The van der Waals surface area contributed by atoms with Crippen LogP contribution in [0.1, 0.15) is 26.3 Å². The summed E-state index contributed by atoms with van der Waals surface area (Å²) in [5.41, 5.74) is 2.33. The molecule has 0 saturated carbocycles. The molecule has 5 nitrogen and oxygen atoms in total. The summed E-state index contributed by atoms with van der Waals surface area (Å²) in [6, 6.07) is 5.68. The van der Waals surface area contributed by atoms with Crippen LogP contribution in [0.3, 0.4) is 0 Å². The number of benzene rings is 1. The van der Waals surface area contributed by atoms with Gasteiger partial charge in [-0.05, 0) is 24.6 Å². The second-order valence-electron chi connectivity index (χ2n) is 4.79. The first-order valence-electron chi connectivity index (χ1n) is 6.30. The van der Waals surface area contributed by atoms with Crippen molar-refractivity contribution in [1.82, 2.24) is 5.32 Å². The summed E-state index contributed by atoms with van der Waals surface area (Å²) in [6.07, 6.45) is 0. The lowest BCUT2D eigenvalue weighted by Gasteiger charge is -2.12. The van der Waals surface area contributed by atoms with Crippen LogP contribution in [-0.4, -0.2) is 24.4 Å². The molecule has 0 aliphatic heterocycles. The number of rotatable bonds is 5. The Bertz CT molecular complexity index is 470. The van der Waals surface area contributed by atoms with Gasteiger partial charge in [-0.3, -0.25) is 9.59 Å². The molecule has 0 fully saturated rings. The van der Waals surface area contributed by atoms with Gasteiger partial charge in [0.25, 0.3) is 0 Å². The third-order valence-electron chi connectivity index (χ3n) is 2.50. The molecule has 0 atom stereocenters. The largest absolute Gasteiger partial charge is 0.326 e. The number of amides is 2. The van der Waals surface area contributed by atoms with Crippen LogP contribution in [-0.2, 0) is 9.59 Å². The normalized spacial score (nSPS) is 10.4. The number of carbonyl (C=O) groups is 2. The van der Waals surface area contributed by atoms with E-state index in [9.17, 15) is 9.59 Å². The third kappa shape index (κ3) is 5.52. The first kappa shape index (κ1) is 15.2. The summed E-state index contributed by atoms with van der Waals surface area (Å²) in [5, 5.41) is 8.57. The van der Waals surface area contributed by atoms with Gasteiger partial charge in [0.15, 0.2) is 0 Å². The molecule has 104 valence electrons. The number of nitrogens with one attached hydrogen (secondary N) is 3. The highest BCUT2D eigenvalue weighted by Crippen LogP contribution is 2.20. The molecule has 0 saturated heterocycles. The molecule has 0 aromatic heterocycles. The molecule has 0 aliphatic carbocycles. The predicted molar refractivity (Wildman–Crippen MR) is 77.3 cm³/mol. The number of hydrogen-bond donors (Lipinski definition) is 3. The first-order chi connectivity index (χ1) is 8.88. The van der Waals surface area contributed by atoms with Crippen molar-refractivity contribution in [3.05, 3.63) is 23.8 Å². The van der Waals surface area contributed by atoms with Crippen LogP contribution in [0.4, 0.5) is 11.4 Å². The van der Waals surface area contributed by atoms with E-state index in [0.29, 0.717) is 11.4 Å². The van der Waals surface area contributed by atoms with E-state index in [1.807, 2.05) is 26.8 Å². The molecule has 0 radical (unpaired) electrons. The fraction of sp³-hybridized carbons (Fsp3) is 0.429. The van der Waals surface area contributed by atoms with E-state index in [1.165, 1.54) is 6.92 Å². The van der Waals surface area contributed by atoms with Crippen LogP contribution in [0, 0.1) is 6.92 Å². The molecule has 0 spiro atoms. The molecule has 0 bridgehead atoms. The minimum Gasteiger partial charge on any atom is -0.326 e. The monoisotopic (exact) mass is 263 g/mol. The summed E-state index contributed by atoms with van der Waals surface area (Å²) < 4.78 is 0. The maximum Gasteiger partial charge on any atom is 0.238 e. The molecule has 3 N–H and O–H groups in total. The van der Waals surface area contributed by atoms with E-state index in [-0.39, 0.29) is 24.4 Å². The zero-order valence-corrected chi connectivity index (χ0v) is 11.8. The van der Waals surface area contributed by atoms with Crippen molar-refractivity contribution in [2.75, 3.05) is 17.2 Å². The number of hydrogen-bond acceptors (Lipinski definition) is 3. The molecule has 0 heterocycles. The Morgan fingerprint density at radius 2 is 1.89 bits per heavy atom. The quantitative estimate of drug-likeness (QED) is 0.759. The van der Waals surface area contributed by atoms with Crippen molar-refractivity contribution in [2.45, 2.75) is 33.7 Å². The number of anilines is 2. The molecule has 0 unspecified atom stereocenters. The number of carbonyl (C=O) groups excluding carboxylic acids is 2. The van der Waals surface area contributed by atoms with E-state index >= 15 is 0 Å². The summed E-state index contributed by atoms with van der Waals surface area (Å²) in [7, 11) is 0.